The second-order valence-corrected chi connectivity index (χ2v) is 4.33. The molecule has 1 atom stereocenters. The number of carboxylic acids is 1. The molecule has 0 spiro atoms. The van der Waals surface area contributed by atoms with Crippen LogP contribution < -0.4 is 5.32 Å². The molecular weight excluding hydrogens is 204 g/mol. The van der Waals surface area contributed by atoms with Gasteiger partial charge in [0.2, 0.25) is 0 Å². The lowest BCUT2D eigenvalue weighted by Gasteiger charge is -2.32. The highest BCUT2D eigenvalue weighted by atomic mass is 16.4. The molecule has 1 unspecified atom stereocenters. The van der Waals surface area contributed by atoms with Crippen molar-refractivity contribution in [2.24, 2.45) is 5.92 Å². The van der Waals surface area contributed by atoms with Crippen LogP contribution in [0, 0.1) is 5.92 Å². The molecule has 1 aromatic heterocycles. The van der Waals surface area contributed by atoms with Gasteiger partial charge in [0.1, 0.15) is 11.4 Å². The van der Waals surface area contributed by atoms with E-state index in [2.05, 4.69) is 17.2 Å². The van der Waals surface area contributed by atoms with Crippen molar-refractivity contribution in [3.8, 4) is 0 Å². The second-order valence-electron chi connectivity index (χ2n) is 4.33. The molecule has 0 bridgehead atoms. The van der Waals surface area contributed by atoms with Gasteiger partial charge in [-0.05, 0) is 37.8 Å². The normalized spacial score (nSPS) is 17.6. The zero-order valence-corrected chi connectivity index (χ0v) is 9.31. The highest BCUT2D eigenvalue weighted by Gasteiger charge is 2.25. The van der Waals surface area contributed by atoms with Crippen LogP contribution in [0.15, 0.2) is 18.3 Å². The van der Waals surface area contributed by atoms with E-state index < -0.39 is 5.97 Å². The zero-order valence-electron chi connectivity index (χ0n) is 9.31. The maximum Gasteiger partial charge on any atom is 0.339 e. The van der Waals surface area contributed by atoms with Crippen molar-refractivity contribution in [1.82, 2.24) is 4.98 Å². The van der Waals surface area contributed by atoms with Crippen LogP contribution in [0.25, 0.3) is 0 Å². The average molecular weight is 220 g/mol. The van der Waals surface area contributed by atoms with Crippen LogP contribution in [0.1, 0.15) is 36.5 Å². The minimum Gasteiger partial charge on any atom is -0.478 e. The Hall–Kier alpha value is -1.58. The van der Waals surface area contributed by atoms with Crippen molar-refractivity contribution in [3.05, 3.63) is 23.9 Å². The van der Waals surface area contributed by atoms with Crippen molar-refractivity contribution in [2.75, 3.05) is 5.32 Å². The summed E-state index contributed by atoms with van der Waals surface area (Å²) in [5.74, 6) is 0.203. The van der Waals surface area contributed by atoms with Gasteiger partial charge in [0, 0.05) is 12.2 Å². The molecule has 1 saturated carbocycles. The van der Waals surface area contributed by atoms with Crippen molar-refractivity contribution in [3.63, 3.8) is 0 Å². The van der Waals surface area contributed by atoms with E-state index in [-0.39, 0.29) is 5.56 Å². The lowest BCUT2D eigenvalue weighted by molar-refractivity contribution is 0.0697. The molecule has 0 amide bonds. The predicted molar refractivity (Wildman–Crippen MR) is 61.6 cm³/mol. The van der Waals surface area contributed by atoms with Crippen molar-refractivity contribution < 1.29 is 9.90 Å². The van der Waals surface area contributed by atoms with E-state index in [1.54, 1.807) is 18.3 Å². The molecule has 86 valence electrons. The monoisotopic (exact) mass is 220 g/mol. The fraction of sp³-hybridized carbons (Fsp3) is 0.500. The van der Waals surface area contributed by atoms with E-state index >= 15 is 0 Å². The highest BCUT2D eigenvalue weighted by Crippen LogP contribution is 2.31. The number of aromatic nitrogens is 1. The molecule has 0 aromatic carbocycles. The Morgan fingerprint density at radius 1 is 1.62 bits per heavy atom. The predicted octanol–water partition coefficient (Wildman–Crippen LogP) is 2.38. The van der Waals surface area contributed by atoms with E-state index in [0.717, 1.165) is 0 Å². The minimum absolute atomic E-state index is 0.244. The van der Waals surface area contributed by atoms with E-state index in [1.165, 1.54) is 19.3 Å². The maximum atomic E-state index is 11.0. The quantitative estimate of drug-likeness (QED) is 0.817. The SMILES string of the molecule is CC(Nc1ncccc1C(=O)O)C1CCC1. The average Bonchev–Trinajstić information content (AvgIpc) is 2.15. The Morgan fingerprint density at radius 3 is 2.94 bits per heavy atom. The molecule has 4 nitrogen and oxygen atoms in total. The lowest BCUT2D eigenvalue weighted by atomic mass is 9.80. The molecular formula is C12H16N2O2. The van der Waals surface area contributed by atoms with Crippen LogP contribution >= 0.6 is 0 Å². The molecule has 16 heavy (non-hydrogen) atoms. The number of rotatable bonds is 4. The molecule has 1 aliphatic rings. The van der Waals surface area contributed by atoms with E-state index in [0.29, 0.717) is 17.8 Å². The summed E-state index contributed by atoms with van der Waals surface area (Å²) in [6.07, 6.45) is 5.35. The molecule has 1 aliphatic carbocycles. The summed E-state index contributed by atoms with van der Waals surface area (Å²) in [4.78, 5) is 15.1. The summed E-state index contributed by atoms with van der Waals surface area (Å²) in [5, 5.41) is 12.2. The topological polar surface area (TPSA) is 62.2 Å². The van der Waals surface area contributed by atoms with Gasteiger partial charge in [-0.1, -0.05) is 6.42 Å². The smallest absolute Gasteiger partial charge is 0.339 e. The van der Waals surface area contributed by atoms with Gasteiger partial charge in [0.25, 0.3) is 0 Å². The van der Waals surface area contributed by atoms with Crippen LogP contribution in [-0.4, -0.2) is 22.1 Å². The fourth-order valence-electron chi connectivity index (χ4n) is 1.97. The third-order valence-electron chi connectivity index (χ3n) is 3.26. The van der Waals surface area contributed by atoms with Gasteiger partial charge >= 0.3 is 5.97 Å². The first kappa shape index (κ1) is 10.9. The van der Waals surface area contributed by atoms with E-state index in [9.17, 15) is 4.79 Å². The molecule has 1 fully saturated rings. The molecule has 2 rings (SSSR count). The third kappa shape index (κ3) is 2.15. The number of hydrogen-bond acceptors (Lipinski definition) is 3. The summed E-state index contributed by atoms with van der Waals surface area (Å²) in [5.41, 5.74) is 0.244. The van der Waals surface area contributed by atoms with Gasteiger partial charge in [-0.3, -0.25) is 0 Å². The number of hydrogen-bond donors (Lipinski definition) is 2. The first-order chi connectivity index (χ1) is 7.68. The van der Waals surface area contributed by atoms with Crippen LogP contribution in [0.4, 0.5) is 5.82 Å². The Balaban J connectivity index is 2.10. The number of aromatic carboxylic acids is 1. The summed E-state index contributed by atoms with van der Waals surface area (Å²) in [6, 6.07) is 3.51. The van der Waals surface area contributed by atoms with Crippen LogP contribution in [0.5, 0.6) is 0 Å². The largest absolute Gasteiger partial charge is 0.478 e. The second kappa shape index (κ2) is 4.51. The molecule has 1 heterocycles. The number of carbonyl (C=O) groups is 1. The molecule has 1 aromatic rings. The Kier molecular flexibility index (Phi) is 3.08. The maximum absolute atomic E-state index is 11.0. The Bertz CT molecular complexity index is 388. The summed E-state index contributed by atoms with van der Waals surface area (Å²) in [7, 11) is 0. The number of anilines is 1. The molecule has 0 aliphatic heterocycles. The molecule has 4 heteroatoms. The molecule has 0 radical (unpaired) electrons. The Labute approximate surface area is 94.7 Å². The number of carboxylic acid groups (broad SMARTS) is 1. The van der Waals surface area contributed by atoms with Crippen LogP contribution in [-0.2, 0) is 0 Å². The van der Waals surface area contributed by atoms with Crippen molar-refractivity contribution in [1.29, 1.82) is 0 Å². The van der Waals surface area contributed by atoms with E-state index in [1.807, 2.05) is 0 Å². The zero-order chi connectivity index (χ0) is 11.5. The first-order valence-corrected chi connectivity index (χ1v) is 5.63. The first-order valence-electron chi connectivity index (χ1n) is 5.63. The summed E-state index contributed by atoms with van der Waals surface area (Å²) in [6.45, 7) is 2.09. The summed E-state index contributed by atoms with van der Waals surface area (Å²) < 4.78 is 0. The molecule has 0 saturated heterocycles. The number of nitrogens with one attached hydrogen (secondary N) is 1. The van der Waals surface area contributed by atoms with Crippen LogP contribution in [0.3, 0.4) is 0 Å². The number of pyridine rings is 1. The van der Waals surface area contributed by atoms with E-state index in [4.69, 9.17) is 5.11 Å². The third-order valence-corrected chi connectivity index (χ3v) is 3.26. The molecule has 2 N–H and O–H groups in total. The van der Waals surface area contributed by atoms with Crippen molar-refractivity contribution in [2.45, 2.75) is 32.2 Å². The summed E-state index contributed by atoms with van der Waals surface area (Å²) >= 11 is 0. The van der Waals surface area contributed by atoms with Gasteiger partial charge < -0.3 is 10.4 Å². The lowest BCUT2D eigenvalue weighted by Crippen LogP contribution is -2.31. The number of nitrogens with zero attached hydrogens (tertiary/aromatic N) is 1. The highest BCUT2D eigenvalue weighted by molar-refractivity contribution is 5.93. The fourth-order valence-corrected chi connectivity index (χ4v) is 1.97. The van der Waals surface area contributed by atoms with Crippen molar-refractivity contribution >= 4 is 11.8 Å². The van der Waals surface area contributed by atoms with Gasteiger partial charge in [0.05, 0.1) is 0 Å². The van der Waals surface area contributed by atoms with Gasteiger partial charge in [-0.15, -0.1) is 0 Å². The minimum atomic E-state index is -0.934. The van der Waals surface area contributed by atoms with Crippen LogP contribution in [0.2, 0.25) is 0 Å². The van der Waals surface area contributed by atoms with Gasteiger partial charge in [-0.25, -0.2) is 9.78 Å². The van der Waals surface area contributed by atoms with Gasteiger partial charge in [-0.2, -0.15) is 0 Å². The van der Waals surface area contributed by atoms with Gasteiger partial charge in [0.15, 0.2) is 0 Å². The Morgan fingerprint density at radius 2 is 2.38 bits per heavy atom. The standard InChI is InChI=1S/C12H16N2O2/c1-8(9-4-2-5-9)14-11-10(12(15)16)6-3-7-13-11/h3,6-9H,2,4-5H2,1H3,(H,13,14)(H,15,16).